The molecule has 0 fully saturated rings. The van der Waals surface area contributed by atoms with Gasteiger partial charge in [0.1, 0.15) is 0 Å². The molecule has 0 heterocycles. The Kier molecular flexibility index (Phi) is 6.33. The molecule has 134 valence electrons. The number of benzene rings is 2. The Morgan fingerprint density at radius 2 is 1.76 bits per heavy atom. The van der Waals surface area contributed by atoms with Gasteiger partial charge >= 0.3 is 0 Å². The fourth-order valence-corrected chi connectivity index (χ4v) is 3.92. The summed E-state index contributed by atoms with van der Waals surface area (Å²) in [5, 5.41) is 2.77. The Morgan fingerprint density at radius 1 is 1.08 bits per heavy atom. The maximum Gasteiger partial charge on any atom is 0.243 e. The van der Waals surface area contributed by atoms with Gasteiger partial charge in [0.15, 0.2) is 0 Å². The largest absolute Gasteiger partial charge is 0.355 e. The third-order valence-electron chi connectivity index (χ3n) is 3.98. The molecule has 0 aliphatic carbocycles. The quantitative estimate of drug-likeness (QED) is 0.824. The van der Waals surface area contributed by atoms with Crippen molar-refractivity contribution in [3.05, 3.63) is 65.2 Å². The molecule has 2 aromatic rings. The van der Waals surface area contributed by atoms with E-state index in [0.29, 0.717) is 18.5 Å². The number of carbonyl (C=O) groups is 1. The lowest BCUT2D eigenvalue weighted by molar-refractivity contribution is -0.121. The lowest BCUT2D eigenvalue weighted by Crippen LogP contribution is -2.39. The molecule has 0 saturated heterocycles. The predicted molar refractivity (Wildman–Crippen MR) is 98.9 cm³/mol. The first-order chi connectivity index (χ1) is 11.8. The summed E-state index contributed by atoms with van der Waals surface area (Å²) in [6.45, 7) is 3.86. The Hall–Kier alpha value is -2.18. The zero-order valence-corrected chi connectivity index (χ0v) is 15.6. The van der Waals surface area contributed by atoms with Crippen LogP contribution in [-0.4, -0.2) is 38.8 Å². The van der Waals surface area contributed by atoms with Gasteiger partial charge < -0.3 is 5.32 Å². The first kappa shape index (κ1) is 19.1. The van der Waals surface area contributed by atoms with Gasteiger partial charge in [-0.3, -0.25) is 4.79 Å². The van der Waals surface area contributed by atoms with E-state index in [1.807, 2.05) is 43.3 Å². The zero-order chi connectivity index (χ0) is 18.4. The second-order valence-electron chi connectivity index (χ2n) is 6.12. The summed E-state index contributed by atoms with van der Waals surface area (Å²) < 4.78 is 26.5. The molecule has 0 saturated carbocycles. The number of rotatable bonds is 7. The lowest BCUT2D eigenvalue weighted by atomic mass is 10.1. The van der Waals surface area contributed by atoms with Crippen molar-refractivity contribution in [3.8, 4) is 0 Å². The Morgan fingerprint density at radius 3 is 2.44 bits per heavy atom. The summed E-state index contributed by atoms with van der Waals surface area (Å²) in [5.74, 6) is -0.313. The zero-order valence-electron chi connectivity index (χ0n) is 14.8. The van der Waals surface area contributed by atoms with Crippen molar-refractivity contribution in [2.75, 3.05) is 20.1 Å². The van der Waals surface area contributed by atoms with Gasteiger partial charge in [-0.25, -0.2) is 8.42 Å². The molecule has 5 nitrogen and oxygen atoms in total. The molecule has 0 bridgehead atoms. The maximum absolute atomic E-state index is 12.7. The van der Waals surface area contributed by atoms with Gasteiger partial charge in [-0.1, -0.05) is 42.5 Å². The lowest BCUT2D eigenvalue weighted by Gasteiger charge is -2.18. The van der Waals surface area contributed by atoms with Crippen LogP contribution in [-0.2, 0) is 21.2 Å². The second kappa shape index (κ2) is 8.27. The smallest absolute Gasteiger partial charge is 0.243 e. The third kappa shape index (κ3) is 5.14. The molecular weight excluding hydrogens is 336 g/mol. The van der Waals surface area contributed by atoms with E-state index in [0.717, 1.165) is 15.4 Å². The molecule has 2 rings (SSSR count). The fraction of sp³-hybridized carbons (Fsp3) is 0.316. The van der Waals surface area contributed by atoms with E-state index in [9.17, 15) is 13.2 Å². The molecule has 6 heteroatoms. The second-order valence-corrected chi connectivity index (χ2v) is 8.13. The summed E-state index contributed by atoms with van der Waals surface area (Å²) in [4.78, 5) is 12.3. The number of carbonyl (C=O) groups excluding carboxylic acids is 1. The minimum absolute atomic E-state index is 0.204. The van der Waals surface area contributed by atoms with Crippen LogP contribution in [0.15, 0.2) is 53.4 Å². The van der Waals surface area contributed by atoms with E-state index in [-0.39, 0.29) is 17.3 Å². The van der Waals surface area contributed by atoms with Crippen LogP contribution in [0.3, 0.4) is 0 Å². The van der Waals surface area contributed by atoms with Gasteiger partial charge in [0, 0.05) is 13.6 Å². The first-order valence-electron chi connectivity index (χ1n) is 8.15. The highest BCUT2D eigenvalue weighted by Crippen LogP contribution is 2.20. The summed E-state index contributed by atoms with van der Waals surface area (Å²) in [6, 6.07) is 15.1. The maximum atomic E-state index is 12.7. The average molecular weight is 360 g/mol. The summed E-state index contributed by atoms with van der Waals surface area (Å²) in [6.07, 6.45) is 0.708. The minimum atomic E-state index is -3.69. The highest BCUT2D eigenvalue weighted by atomic mass is 32.2. The molecular formula is C19H24N2O3S. The molecule has 0 aliphatic heterocycles. The molecule has 0 radical (unpaired) electrons. The van der Waals surface area contributed by atoms with Crippen LogP contribution >= 0.6 is 0 Å². The molecule has 25 heavy (non-hydrogen) atoms. The summed E-state index contributed by atoms with van der Waals surface area (Å²) in [5.41, 5.74) is 2.66. The molecule has 0 spiro atoms. The van der Waals surface area contributed by atoms with Crippen LogP contribution in [0.4, 0.5) is 0 Å². The number of hydrogen-bond donors (Lipinski definition) is 1. The van der Waals surface area contributed by atoms with Gasteiger partial charge in [0.05, 0.1) is 11.4 Å². The van der Waals surface area contributed by atoms with E-state index < -0.39 is 10.0 Å². The van der Waals surface area contributed by atoms with E-state index in [1.165, 1.54) is 7.05 Å². The van der Waals surface area contributed by atoms with Crippen LogP contribution in [0, 0.1) is 13.8 Å². The van der Waals surface area contributed by atoms with Crippen molar-refractivity contribution >= 4 is 15.9 Å². The fourth-order valence-electron chi connectivity index (χ4n) is 2.49. The van der Waals surface area contributed by atoms with Crippen LogP contribution in [0.1, 0.15) is 16.7 Å². The standard InChI is InChI=1S/C19H24N2O3S/c1-15-9-10-16(2)18(13-15)25(23,24)21(3)14-19(22)20-12-11-17-7-5-4-6-8-17/h4-10,13H,11-12,14H2,1-3H3,(H,20,22). The van der Waals surface area contributed by atoms with E-state index in [4.69, 9.17) is 0 Å². The van der Waals surface area contributed by atoms with Gasteiger partial charge in [0.25, 0.3) is 0 Å². The highest BCUT2D eigenvalue weighted by Gasteiger charge is 2.24. The summed E-state index contributed by atoms with van der Waals surface area (Å²) in [7, 11) is -2.27. The molecule has 0 atom stereocenters. The van der Waals surface area contributed by atoms with Crippen molar-refractivity contribution in [1.82, 2.24) is 9.62 Å². The van der Waals surface area contributed by atoms with Gasteiger partial charge in [-0.05, 0) is 43.0 Å². The topological polar surface area (TPSA) is 66.5 Å². The van der Waals surface area contributed by atoms with Crippen molar-refractivity contribution in [1.29, 1.82) is 0 Å². The number of aryl methyl sites for hydroxylation is 2. The van der Waals surface area contributed by atoms with Gasteiger partial charge in [0.2, 0.25) is 15.9 Å². The Bertz CT molecular complexity index is 833. The number of sulfonamides is 1. The molecule has 0 unspecified atom stereocenters. The van der Waals surface area contributed by atoms with Gasteiger partial charge in [-0.2, -0.15) is 4.31 Å². The average Bonchev–Trinajstić information content (AvgIpc) is 2.57. The Labute approximate surface area is 149 Å². The molecule has 2 aromatic carbocycles. The predicted octanol–water partition coefficient (Wildman–Crippen LogP) is 2.28. The van der Waals surface area contributed by atoms with Crippen molar-refractivity contribution in [2.24, 2.45) is 0 Å². The molecule has 0 aromatic heterocycles. The van der Waals surface area contributed by atoms with Crippen LogP contribution in [0.25, 0.3) is 0 Å². The summed E-state index contributed by atoms with van der Waals surface area (Å²) >= 11 is 0. The number of likely N-dealkylation sites (N-methyl/N-ethyl adjacent to an activating group) is 1. The molecule has 1 N–H and O–H groups in total. The highest BCUT2D eigenvalue weighted by molar-refractivity contribution is 7.89. The third-order valence-corrected chi connectivity index (χ3v) is 5.92. The van der Waals surface area contributed by atoms with Crippen LogP contribution < -0.4 is 5.32 Å². The normalized spacial score (nSPS) is 11.5. The monoisotopic (exact) mass is 360 g/mol. The van der Waals surface area contributed by atoms with E-state index in [2.05, 4.69) is 5.32 Å². The van der Waals surface area contributed by atoms with Gasteiger partial charge in [-0.15, -0.1) is 0 Å². The molecule has 0 aliphatic rings. The number of nitrogens with zero attached hydrogens (tertiary/aromatic N) is 1. The number of nitrogens with one attached hydrogen (secondary N) is 1. The van der Waals surface area contributed by atoms with Crippen molar-refractivity contribution < 1.29 is 13.2 Å². The number of amides is 1. The van der Waals surface area contributed by atoms with E-state index >= 15 is 0 Å². The van der Waals surface area contributed by atoms with E-state index in [1.54, 1.807) is 19.1 Å². The minimum Gasteiger partial charge on any atom is -0.355 e. The van der Waals surface area contributed by atoms with Crippen molar-refractivity contribution in [3.63, 3.8) is 0 Å². The SMILES string of the molecule is Cc1ccc(C)c(S(=O)(=O)N(C)CC(=O)NCCc2ccccc2)c1. The van der Waals surface area contributed by atoms with Crippen LogP contribution in [0.2, 0.25) is 0 Å². The van der Waals surface area contributed by atoms with Crippen molar-refractivity contribution in [2.45, 2.75) is 25.2 Å². The first-order valence-corrected chi connectivity index (χ1v) is 9.59. The molecule has 1 amide bonds. The Balaban J connectivity index is 1.94. The number of hydrogen-bond acceptors (Lipinski definition) is 3. The van der Waals surface area contributed by atoms with Crippen LogP contribution in [0.5, 0.6) is 0 Å².